The van der Waals surface area contributed by atoms with E-state index in [9.17, 15) is 9.18 Å². The van der Waals surface area contributed by atoms with Crippen molar-refractivity contribution in [2.45, 2.75) is 20.5 Å². The third kappa shape index (κ3) is 5.45. The zero-order chi connectivity index (χ0) is 12.7. The van der Waals surface area contributed by atoms with Crippen LogP contribution in [-0.4, -0.2) is 19.1 Å². The number of halogens is 1. The molecule has 0 heterocycles. The molecule has 0 saturated heterocycles. The third-order valence-electron chi connectivity index (χ3n) is 2.17. The van der Waals surface area contributed by atoms with Crippen molar-refractivity contribution in [3.63, 3.8) is 0 Å². The first kappa shape index (κ1) is 13.6. The maximum atomic E-state index is 13.2. The van der Waals surface area contributed by atoms with Crippen molar-refractivity contribution in [1.82, 2.24) is 5.32 Å². The van der Waals surface area contributed by atoms with E-state index in [1.54, 1.807) is 18.2 Å². The fourth-order valence-corrected chi connectivity index (χ4v) is 1.29. The molecule has 0 aliphatic heterocycles. The second kappa shape index (κ2) is 7.01. The Morgan fingerprint density at radius 2 is 2.12 bits per heavy atom. The maximum absolute atomic E-state index is 13.2. The van der Waals surface area contributed by atoms with E-state index < -0.39 is 0 Å². The summed E-state index contributed by atoms with van der Waals surface area (Å²) in [5.41, 5.74) is 0.393. The minimum atomic E-state index is -0.367. The number of ether oxygens (including phenoxy) is 1. The van der Waals surface area contributed by atoms with Crippen LogP contribution in [0, 0.1) is 11.7 Å². The van der Waals surface area contributed by atoms with E-state index in [1.807, 2.05) is 0 Å². The number of hydrogen-bond donors (Lipinski definition) is 1. The van der Waals surface area contributed by atoms with Gasteiger partial charge in [-0.3, -0.25) is 4.79 Å². The van der Waals surface area contributed by atoms with Gasteiger partial charge >= 0.3 is 5.97 Å². The lowest BCUT2D eigenvalue weighted by Crippen LogP contribution is -2.27. The van der Waals surface area contributed by atoms with Gasteiger partial charge in [0.25, 0.3) is 0 Å². The topological polar surface area (TPSA) is 38.3 Å². The van der Waals surface area contributed by atoms with Gasteiger partial charge in [0, 0.05) is 5.56 Å². The second-order valence-electron chi connectivity index (χ2n) is 4.28. The van der Waals surface area contributed by atoms with Crippen LogP contribution in [-0.2, 0) is 16.1 Å². The summed E-state index contributed by atoms with van der Waals surface area (Å²) in [5.74, 6) is -0.237. The van der Waals surface area contributed by atoms with E-state index in [0.717, 1.165) is 6.54 Å². The Morgan fingerprint density at radius 3 is 2.76 bits per heavy atom. The van der Waals surface area contributed by atoms with E-state index in [0.29, 0.717) is 11.5 Å². The van der Waals surface area contributed by atoms with Gasteiger partial charge in [-0.25, -0.2) is 4.39 Å². The standard InChI is InChI=1S/C13H18FNO2/c1-10(2)7-15-8-13(16)17-9-11-5-3-4-6-12(11)14/h3-6,10,15H,7-9H2,1-2H3. The van der Waals surface area contributed by atoms with Gasteiger partial charge in [-0.05, 0) is 18.5 Å². The summed E-state index contributed by atoms with van der Waals surface area (Å²) >= 11 is 0. The molecule has 1 rings (SSSR count). The molecule has 0 radical (unpaired) electrons. The number of benzene rings is 1. The highest BCUT2D eigenvalue weighted by Gasteiger charge is 2.06. The van der Waals surface area contributed by atoms with Gasteiger partial charge in [-0.2, -0.15) is 0 Å². The van der Waals surface area contributed by atoms with Gasteiger partial charge in [-0.1, -0.05) is 32.0 Å². The normalized spacial score (nSPS) is 10.6. The second-order valence-corrected chi connectivity index (χ2v) is 4.28. The molecule has 1 aromatic carbocycles. The largest absolute Gasteiger partial charge is 0.460 e. The van der Waals surface area contributed by atoms with E-state index in [2.05, 4.69) is 19.2 Å². The number of carbonyl (C=O) groups is 1. The molecule has 0 saturated carbocycles. The minimum absolute atomic E-state index is 0.0190. The third-order valence-corrected chi connectivity index (χ3v) is 2.17. The Morgan fingerprint density at radius 1 is 1.41 bits per heavy atom. The summed E-state index contributed by atoms with van der Waals surface area (Å²) in [7, 11) is 0. The lowest BCUT2D eigenvalue weighted by Gasteiger charge is -2.08. The molecule has 0 spiro atoms. The van der Waals surface area contributed by atoms with Crippen LogP contribution in [0.4, 0.5) is 4.39 Å². The summed E-state index contributed by atoms with van der Waals surface area (Å²) < 4.78 is 18.1. The highest BCUT2D eigenvalue weighted by Crippen LogP contribution is 2.07. The Labute approximate surface area is 101 Å². The zero-order valence-electron chi connectivity index (χ0n) is 10.2. The molecule has 0 fully saturated rings. The molecule has 0 bridgehead atoms. The highest BCUT2D eigenvalue weighted by molar-refractivity contribution is 5.71. The number of carbonyl (C=O) groups excluding carboxylic acids is 1. The quantitative estimate of drug-likeness (QED) is 0.773. The molecular formula is C13H18FNO2. The molecular weight excluding hydrogens is 221 g/mol. The molecule has 4 heteroatoms. The van der Waals surface area contributed by atoms with Gasteiger partial charge in [0.1, 0.15) is 12.4 Å². The predicted octanol–water partition coefficient (Wildman–Crippen LogP) is 2.11. The summed E-state index contributed by atoms with van der Waals surface area (Å²) in [6.07, 6.45) is 0. The van der Waals surface area contributed by atoms with Crippen molar-refractivity contribution in [1.29, 1.82) is 0 Å². The van der Waals surface area contributed by atoms with Gasteiger partial charge < -0.3 is 10.1 Å². The maximum Gasteiger partial charge on any atom is 0.320 e. The summed E-state index contributed by atoms with van der Waals surface area (Å²) in [5, 5.41) is 2.97. The smallest absolute Gasteiger partial charge is 0.320 e. The number of rotatable bonds is 6. The van der Waals surface area contributed by atoms with Crippen LogP contribution in [0.15, 0.2) is 24.3 Å². The van der Waals surface area contributed by atoms with Gasteiger partial charge in [-0.15, -0.1) is 0 Å². The van der Waals surface area contributed by atoms with Crippen LogP contribution in [0.3, 0.4) is 0 Å². The monoisotopic (exact) mass is 239 g/mol. The van der Waals surface area contributed by atoms with Crippen molar-refractivity contribution in [2.24, 2.45) is 5.92 Å². The average Bonchev–Trinajstić information content (AvgIpc) is 2.27. The van der Waals surface area contributed by atoms with Gasteiger partial charge in [0.2, 0.25) is 0 Å². The molecule has 94 valence electrons. The van der Waals surface area contributed by atoms with Crippen LogP contribution in [0.1, 0.15) is 19.4 Å². The molecule has 1 N–H and O–H groups in total. The molecule has 0 aliphatic carbocycles. The van der Waals surface area contributed by atoms with Gasteiger partial charge in [0.05, 0.1) is 6.54 Å². The lowest BCUT2D eigenvalue weighted by atomic mass is 10.2. The van der Waals surface area contributed by atoms with Crippen LogP contribution in [0.25, 0.3) is 0 Å². The van der Waals surface area contributed by atoms with Crippen molar-refractivity contribution < 1.29 is 13.9 Å². The van der Waals surface area contributed by atoms with E-state index in [-0.39, 0.29) is 24.9 Å². The fraction of sp³-hybridized carbons (Fsp3) is 0.462. The van der Waals surface area contributed by atoms with Crippen molar-refractivity contribution in [3.05, 3.63) is 35.6 Å². The minimum Gasteiger partial charge on any atom is -0.460 e. The first-order valence-electron chi connectivity index (χ1n) is 5.69. The van der Waals surface area contributed by atoms with Crippen LogP contribution in [0.5, 0.6) is 0 Å². The summed E-state index contributed by atoms with van der Waals surface area (Å²) in [6, 6.07) is 6.26. The molecule has 0 atom stereocenters. The summed E-state index contributed by atoms with van der Waals surface area (Å²) in [4.78, 5) is 11.3. The lowest BCUT2D eigenvalue weighted by molar-refractivity contribution is -0.143. The van der Waals surface area contributed by atoms with Crippen molar-refractivity contribution in [2.75, 3.05) is 13.1 Å². The highest BCUT2D eigenvalue weighted by atomic mass is 19.1. The number of hydrogen-bond acceptors (Lipinski definition) is 3. The zero-order valence-corrected chi connectivity index (χ0v) is 10.2. The number of esters is 1. The number of nitrogens with one attached hydrogen (secondary N) is 1. The molecule has 1 aromatic rings. The SMILES string of the molecule is CC(C)CNCC(=O)OCc1ccccc1F. The molecule has 0 unspecified atom stereocenters. The van der Waals surface area contributed by atoms with Gasteiger partial charge in [0.15, 0.2) is 0 Å². The average molecular weight is 239 g/mol. The molecule has 3 nitrogen and oxygen atoms in total. The Bertz CT molecular complexity index is 366. The Hall–Kier alpha value is -1.42. The molecule has 0 aromatic heterocycles. The molecule has 17 heavy (non-hydrogen) atoms. The van der Waals surface area contributed by atoms with Crippen molar-refractivity contribution in [3.8, 4) is 0 Å². The van der Waals surface area contributed by atoms with E-state index in [1.165, 1.54) is 6.07 Å². The fourth-order valence-electron chi connectivity index (χ4n) is 1.29. The van der Waals surface area contributed by atoms with Crippen LogP contribution >= 0.6 is 0 Å². The first-order chi connectivity index (χ1) is 8.09. The Kier molecular flexibility index (Phi) is 5.63. The Balaban J connectivity index is 2.26. The van der Waals surface area contributed by atoms with Crippen LogP contribution in [0.2, 0.25) is 0 Å². The summed E-state index contributed by atoms with van der Waals surface area (Å²) in [6.45, 7) is 5.01. The first-order valence-corrected chi connectivity index (χ1v) is 5.69. The van der Waals surface area contributed by atoms with E-state index >= 15 is 0 Å². The predicted molar refractivity (Wildman–Crippen MR) is 63.9 cm³/mol. The van der Waals surface area contributed by atoms with Crippen LogP contribution < -0.4 is 5.32 Å². The molecule has 0 amide bonds. The van der Waals surface area contributed by atoms with Crippen molar-refractivity contribution >= 4 is 5.97 Å². The molecule has 0 aliphatic rings. The van der Waals surface area contributed by atoms with E-state index in [4.69, 9.17) is 4.74 Å².